The summed E-state index contributed by atoms with van der Waals surface area (Å²) in [7, 11) is 1.85. The molecular formula is C22H39IN4O. The Kier molecular flexibility index (Phi) is 12.0. The lowest BCUT2D eigenvalue weighted by Crippen LogP contribution is -2.49. The molecule has 2 N–H and O–H groups in total. The van der Waals surface area contributed by atoms with E-state index in [1.54, 1.807) is 0 Å². The first-order valence-electron chi connectivity index (χ1n) is 10.4. The Morgan fingerprint density at radius 3 is 2.57 bits per heavy atom. The first-order chi connectivity index (χ1) is 13.0. The van der Waals surface area contributed by atoms with E-state index >= 15 is 0 Å². The molecule has 1 aromatic rings. The fraction of sp³-hybridized carbons (Fsp3) is 0.682. The summed E-state index contributed by atoms with van der Waals surface area (Å²) in [5, 5.41) is 7.10. The van der Waals surface area contributed by atoms with Crippen LogP contribution in [0, 0.1) is 6.92 Å². The topological polar surface area (TPSA) is 48.9 Å². The summed E-state index contributed by atoms with van der Waals surface area (Å²) < 4.78 is 5.67. The quantitative estimate of drug-likeness (QED) is 0.323. The summed E-state index contributed by atoms with van der Waals surface area (Å²) in [4.78, 5) is 6.91. The molecule has 0 radical (unpaired) electrons. The number of guanidine groups is 1. The minimum absolute atomic E-state index is 0. The first kappa shape index (κ1) is 25.2. The molecule has 5 nitrogen and oxygen atoms in total. The molecule has 160 valence electrons. The third-order valence-corrected chi connectivity index (χ3v) is 5.20. The zero-order chi connectivity index (χ0) is 19.6. The lowest BCUT2D eigenvalue weighted by molar-refractivity contribution is 0.0532. The second-order valence-electron chi connectivity index (χ2n) is 7.95. The largest absolute Gasteiger partial charge is 0.377 e. The van der Waals surface area contributed by atoms with Crippen LogP contribution in [-0.2, 0) is 4.74 Å². The smallest absolute Gasteiger partial charge is 0.191 e. The van der Waals surface area contributed by atoms with E-state index in [0.717, 1.165) is 51.6 Å². The van der Waals surface area contributed by atoms with Crippen molar-refractivity contribution in [3.63, 3.8) is 0 Å². The standard InChI is InChI=1S/C22H38N4O.HI/c1-17(2)27-14-13-26-11-9-21(10-12-26)25-22(23-5)24-16-19(4)20-8-6-7-18(3)15-20;/h6-8,15,17,19,21H,9-14,16H2,1-5H3,(H2,23,24,25);1H. The third-order valence-electron chi connectivity index (χ3n) is 5.20. The number of benzene rings is 1. The summed E-state index contributed by atoms with van der Waals surface area (Å²) in [6.07, 6.45) is 2.62. The summed E-state index contributed by atoms with van der Waals surface area (Å²) in [5.41, 5.74) is 2.68. The van der Waals surface area contributed by atoms with Gasteiger partial charge in [-0.1, -0.05) is 36.8 Å². The number of aliphatic imine (C=N–C) groups is 1. The van der Waals surface area contributed by atoms with Crippen molar-refractivity contribution in [1.29, 1.82) is 0 Å². The predicted molar refractivity (Wildman–Crippen MR) is 130 cm³/mol. The van der Waals surface area contributed by atoms with Gasteiger partial charge < -0.3 is 20.3 Å². The van der Waals surface area contributed by atoms with E-state index in [1.807, 2.05) is 7.05 Å². The van der Waals surface area contributed by atoms with Gasteiger partial charge in [-0.15, -0.1) is 24.0 Å². The maximum absolute atomic E-state index is 5.67. The van der Waals surface area contributed by atoms with Crippen LogP contribution in [0.2, 0.25) is 0 Å². The molecule has 1 aliphatic heterocycles. The summed E-state index contributed by atoms with van der Waals surface area (Å²) in [5.74, 6) is 1.36. The molecule has 6 heteroatoms. The highest BCUT2D eigenvalue weighted by molar-refractivity contribution is 14.0. The number of nitrogens with one attached hydrogen (secondary N) is 2. The summed E-state index contributed by atoms with van der Waals surface area (Å²) in [6.45, 7) is 13.6. The van der Waals surface area contributed by atoms with Crippen molar-refractivity contribution in [3.8, 4) is 0 Å². The Hall–Kier alpha value is -0.860. The fourth-order valence-corrected chi connectivity index (χ4v) is 3.45. The van der Waals surface area contributed by atoms with Gasteiger partial charge in [-0.25, -0.2) is 0 Å². The van der Waals surface area contributed by atoms with Crippen LogP contribution < -0.4 is 10.6 Å². The number of piperidine rings is 1. The van der Waals surface area contributed by atoms with Crippen molar-refractivity contribution in [2.24, 2.45) is 4.99 Å². The van der Waals surface area contributed by atoms with Crippen LogP contribution in [0.5, 0.6) is 0 Å². The Bertz CT molecular complexity index is 586. The Morgan fingerprint density at radius 2 is 1.96 bits per heavy atom. The van der Waals surface area contributed by atoms with E-state index in [0.29, 0.717) is 18.1 Å². The highest BCUT2D eigenvalue weighted by atomic mass is 127. The zero-order valence-corrected chi connectivity index (χ0v) is 20.5. The lowest BCUT2D eigenvalue weighted by atomic mass is 9.99. The fourth-order valence-electron chi connectivity index (χ4n) is 3.45. The minimum atomic E-state index is 0. The Balaban J connectivity index is 0.00000392. The molecule has 1 fully saturated rings. The molecule has 0 amide bonds. The number of rotatable bonds is 8. The molecule has 28 heavy (non-hydrogen) atoms. The van der Waals surface area contributed by atoms with Crippen molar-refractivity contribution in [3.05, 3.63) is 35.4 Å². The van der Waals surface area contributed by atoms with Crippen molar-refractivity contribution in [2.75, 3.05) is 39.8 Å². The van der Waals surface area contributed by atoms with Gasteiger partial charge in [-0.2, -0.15) is 0 Å². The second kappa shape index (κ2) is 13.4. The van der Waals surface area contributed by atoms with Gasteiger partial charge in [0.2, 0.25) is 0 Å². The van der Waals surface area contributed by atoms with E-state index in [-0.39, 0.29) is 24.0 Å². The number of hydrogen-bond donors (Lipinski definition) is 2. The van der Waals surface area contributed by atoms with E-state index < -0.39 is 0 Å². The molecule has 1 aromatic carbocycles. The molecular weight excluding hydrogens is 463 g/mol. The van der Waals surface area contributed by atoms with Gasteiger partial charge in [-0.3, -0.25) is 4.99 Å². The molecule has 0 aliphatic carbocycles. The van der Waals surface area contributed by atoms with Gasteiger partial charge in [0.25, 0.3) is 0 Å². The number of halogens is 1. The average molecular weight is 502 g/mol. The number of ether oxygens (including phenoxy) is 1. The normalized spacial score (nSPS) is 17.3. The second-order valence-corrected chi connectivity index (χ2v) is 7.95. The lowest BCUT2D eigenvalue weighted by Gasteiger charge is -2.33. The summed E-state index contributed by atoms with van der Waals surface area (Å²) >= 11 is 0. The Morgan fingerprint density at radius 1 is 1.25 bits per heavy atom. The third kappa shape index (κ3) is 9.09. The number of likely N-dealkylation sites (tertiary alicyclic amines) is 1. The molecule has 0 bridgehead atoms. The van der Waals surface area contributed by atoms with Crippen LogP contribution in [0.3, 0.4) is 0 Å². The zero-order valence-electron chi connectivity index (χ0n) is 18.2. The van der Waals surface area contributed by atoms with Crippen LogP contribution >= 0.6 is 24.0 Å². The van der Waals surface area contributed by atoms with Crippen LogP contribution in [0.4, 0.5) is 0 Å². The number of nitrogens with zero attached hydrogens (tertiary/aromatic N) is 2. The maximum Gasteiger partial charge on any atom is 0.191 e. The average Bonchev–Trinajstić information content (AvgIpc) is 2.65. The highest BCUT2D eigenvalue weighted by Gasteiger charge is 2.20. The molecule has 1 aliphatic rings. The molecule has 1 saturated heterocycles. The SMILES string of the molecule is CN=C(NCC(C)c1cccc(C)c1)NC1CCN(CCOC(C)C)CC1.I. The van der Waals surface area contributed by atoms with Crippen molar-refractivity contribution < 1.29 is 4.74 Å². The van der Waals surface area contributed by atoms with Gasteiger partial charge in [0.05, 0.1) is 12.7 Å². The minimum Gasteiger partial charge on any atom is -0.377 e. The van der Waals surface area contributed by atoms with Gasteiger partial charge in [0.1, 0.15) is 0 Å². The first-order valence-corrected chi connectivity index (χ1v) is 10.4. The molecule has 1 atom stereocenters. The molecule has 0 saturated carbocycles. The highest BCUT2D eigenvalue weighted by Crippen LogP contribution is 2.15. The van der Waals surface area contributed by atoms with Crippen molar-refractivity contribution >= 4 is 29.9 Å². The van der Waals surface area contributed by atoms with E-state index in [1.165, 1.54) is 11.1 Å². The summed E-state index contributed by atoms with van der Waals surface area (Å²) in [6, 6.07) is 9.24. The molecule has 1 unspecified atom stereocenters. The van der Waals surface area contributed by atoms with Crippen molar-refractivity contribution in [2.45, 2.75) is 58.6 Å². The maximum atomic E-state index is 5.67. The monoisotopic (exact) mass is 502 g/mol. The van der Waals surface area contributed by atoms with Gasteiger partial charge in [0.15, 0.2) is 5.96 Å². The van der Waals surface area contributed by atoms with Crippen LogP contribution in [-0.4, -0.2) is 62.8 Å². The number of aryl methyl sites for hydroxylation is 1. The van der Waals surface area contributed by atoms with Crippen molar-refractivity contribution in [1.82, 2.24) is 15.5 Å². The molecule has 2 rings (SSSR count). The van der Waals surface area contributed by atoms with E-state index in [2.05, 4.69) is 72.5 Å². The molecule has 1 heterocycles. The van der Waals surface area contributed by atoms with Crippen LogP contribution in [0.1, 0.15) is 50.7 Å². The molecule has 0 aromatic heterocycles. The Labute approximate surface area is 188 Å². The van der Waals surface area contributed by atoms with Crippen LogP contribution in [0.15, 0.2) is 29.3 Å². The van der Waals surface area contributed by atoms with Gasteiger partial charge in [0, 0.05) is 39.3 Å². The van der Waals surface area contributed by atoms with E-state index in [9.17, 15) is 0 Å². The predicted octanol–water partition coefficient (Wildman–Crippen LogP) is 3.77. The van der Waals surface area contributed by atoms with Gasteiger partial charge in [-0.05, 0) is 45.1 Å². The van der Waals surface area contributed by atoms with Crippen LogP contribution in [0.25, 0.3) is 0 Å². The number of hydrogen-bond acceptors (Lipinski definition) is 3. The molecule has 0 spiro atoms. The van der Waals surface area contributed by atoms with E-state index in [4.69, 9.17) is 4.74 Å². The van der Waals surface area contributed by atoms with Gasteiger partial charge >= 0.3 is 0 Å².